The zero-order valence-corrected chi connectivity index (χ0v) is 12.3. The lowest BCUT2D eigenvalue weighted by molar-refractivity contribution is -0.385. The van der Waals surface area contributed by atoms with Crippen molar-refractivity contribution in [3.63, 3.8) is 0 Å². The average molecular weight is 290 g/mol. The van der Waals surface area contributed by atoms with Crippen LogP contribution in [-0.2, 0) is 0 Å². The molecule has 2 aliphatic rings. The van der Waals surface area contributed by atoms with Crippen molar-refractivity contribution in [2.75, 3.05) is 26.2 Å². The molecule has 114 valence electrons. The van der Waals surface area contributed by atoms with Crippen molar-refractivity contribution < 1.29 is 9.66 Å². The molecular formula is C16H22N2O3. The first kappa shape index (κ1) is 14.3. The van der Waals surface area contributed by atoms with Gasteiger partial charge in [0.15, 0.2) is 0 Å². The molecule has 1 aliphatic heterocycles. The van der Waals surface area contributed by atoms with E-state index in [2.05, 4.69) is 4.90 Å². The number of non-ortho nitro benzene ring substituents is 1. The molecule has 21 heavy (non-hydrogen) atoms. The second-order valence-electron chi connectivity index (χ2n) is 6.04. The molecule has 0 bridgehead atoms. The van der Waals surface area contributed by atoms with Crippen LogP contribution >= 0.6 is 0 Å². The van der Waals surface area contributed by atoms with E-state index in [-0.39, 0.29) is 10.6 Å². The van der Waals surface area contributed by atoms with Crippen LogP contribution in [0.5, 0.6) is 5.75 Å². The molecule has 0 radical (unpaired) electrons. The first-order valence-corrected chi connectivity index (χ1v) is 7.87. The van der Waals surface area contributed by atoms with Crippen LogP contribution in [0.3, 0.4) is 0 Å². The van der Waals surface area contributed by atoms with Crippen LogP contribution in [0.4, 0.5) is 5.69 Å². The highest BCUT2D eigenvalue weighted by Crippen LogP contribution is 2.42. The standard InChI is InChI=1S/C16H22N2O3/c19-18(20)15-10-14(13-4-5-13)11-16(12-15)21-9-8-17-6-2-1-3-7-17/h10-13H,1-9H2. The number of hydrogen-bond acceptors (Lipinski definition) is 4. The molecule has 0 spiro atoms. The Bertz CT molecular complexity index is 508. The summed E-state index contributed by atoms with van der Waals surface area (Å²) in [6.07, 6.45) is 6.13. The maximum Gasteiger partial charge on any atom is 0.273 e. The van der Waals surface area contributed by atoms with E-state index in [1.54, 1.807) is 12.1 Å². The van der Waals surface area contributed by atoms with E-state index in [0.29, 0.717) is 18.3 Å². The summed E-state index contributed by atoms with van der Waals surface area (Å²) in [7, 11) is 0. The van der Waals surface area contributed by atoms with Gasteiger partial charge in [-0.2, -0.15) is 0 Å². The van der Waals surface area contributed by atoms with Gasteiger partial charge < -0.3 is 4.74 Å². The largest absolute Gasteiger partial charge is 0.492 e. The zero-order chi connectivity index (χ0) is 14.7. The molecule has 1 aromatic rings. The summed E-state index contributed by atoms with van der Waals surface area (Å²) < 4.78 is 5.77. The fourth-order valence-corrected chi connectivity index (χ4v) is 2.92. The van der Waals surface area contributed by atoms with Crippen LogP contribution in [-0.4, -0.2) is 36.1 Å². The minimum Gasteiger partial charge on any atom is -0.492 e. The summed E-state index contributed by atoms with van der Waals surface area (Å²) in [6, 6.07) is 5.21. The van der Waals surface area contributed by atoms with Crippen LogP contribution in [0, 0.1) is 10.1 Å². The van der Waals surface area contributed by atoms with Gasteiger partial charge in [0, 0.05) is 12.6 Å². The molecule has 0 amide bonds. The summed E-state index contributed by atoms with van der Waals surface area (Å²) in [5.41, 5.74) is 1.20. The molecule has 5 nitrogen and oxygen atoms in total. The molecule has 3 rings (SSSR count). The van der Waals surface area contributed by atoms with Gasteiger partial charge in [0.1, 0.15) is 12.4 Å². The monoisotopic (exact) mass is 290 g/mol. The average Bonchev–Trinajstić information content (AvgIpc) is 3.33. The Morgan fingerprint density at radius 3 is 2.62 bits per heavy atom. The number of hydrogen-bond donors (Lipinski definition) is 0. The minimum atomic E-state index is -0.330. The third-order valence-electron chi connectivity index (χ3n) is 4.30. The Morgan fingerprint density at radius 1 is 1.19 bits per heavy atom. The first-order chi connectivity index (χ1) is 10.2. The Morgan fingerprint density at radius 2 is 1.95 bits per heavy atom. The molecule has 0 unspecified atom stereocenters. The van der Waals surface area contributed by atoms with Gasteiger partial charge >= 0.3 is 0 Å². The quantitative estimate of drug-likeness (QED) is 0.595. The summed E-state index contributed by atoms with van der Waals surface area (Å²) in [6.45, 7) is 3.80. The predicted octanol–water partition coefficient (Wildman–Crippen LogP) is 3.34. The molecule has 5 heteroatoms. The summed E-state index contributed by atoms with van der Waals surface area (Å²) >= 11 is 0. The summed E-state index contributed by atoms with van der Waals surface area (Å²) in [5, 5.41) is 11.0. The van der Waals surface area contributed by atoms with Crippen molar-refractivity contribution in [3.05, 3.63) is 33.9 Å². The third kappa shape index (κ3) is 3.94. The highest BCUT2D eigenvalue weighted by molar-refractivity contribution is 5.45. The lowest BCUT2D eigenvalue weighted by Gasteiger charge is -2.26. The van der Waals surface area contributed by atoms with Crippen molar-refractivity contribution in [1.82, 2.24) is 4.90 Å². The van der Waals surface area contributed by atoms with Gasteiger partial charge in [0.05, 0.1) is 11.0 Å². The number of rotatable bonds is 6. The molecule has 0 atom stereocenters. The van der Waals surface area contributed by atoms with Crippen LogP contribution in [0.2, 0.25) is 0 Å². The van der Waals surface area contributed by atoms with E-state index >= 15 is 0 Å². The second kappa shape index (κ2) is 6.43. The summed E-state index contributed by atoms with van der Waals surface area (Å²) in [5.74, 6) is 1.14. The second-order valence-corrected chi connectivity index (χ2v) is 6.04. The first-order valence-electron chi connectivity index (χ1n) is 7.87. The molecule has 1 saturated heterocycles. The van der Waals surface area contributed by atoms with Crippen molar-refractivity contribution in [3.8, 4) is 5.75 Å². The van der Waals surface area contributed by atoms with Crippen molar-refractivity contribution >= 4 is 5.69 Å². The van der Waals surface area contributed by atoms with E-state index in [1.165, 1.54) is 19.3 Å². The Kier molecular flexibility index (Phi) is 4.39. The fourth-order valence-electron chi connectivity index (χ4n) is 2.92. The molecule has 1 heterocycles. The number of piperidine rings is 1. The van der Waals surface area contributed by atoms with Gasteiger partial charge in [0.2, 0.25) is 0 Å². The van der Waals surface area contributed by atoms with Crippen LogP contribution in [0.1, 0.15) is 43.6 Å². The van der Waals surface area contributed by atoms with Crippen molar-refractivity contribution in [1.29, 1.82) is 0 Å². The van der Waals surface area contributed by atoms with Gasteiger partial charge in [-0.1, -0.05) is 6.42 Å². The van der Waals surface area contributed by atoms with Gasteiger partial charge in [-0.05, 0) is 56.3 Å². The van der Waals surface area contributed by atoms with E-state index in [1.807, 2.05) is 6.07 Å². The van der Waals surface area contributed by atoms with E-state index in [4.69, 9.17) is 4.74 Å². The number of likely N-dealkylation sites (tertiary alicyclic amines) is 1. The lowest BCUT2D eigenvalue weighted by Crippen LogP contribution is -2.33. The maximum atomic E-state index is 11.0. The van der Waals surface area contributed by atoms with Gasteiger partial charge in [-0.3, -0.25) is 15.0 Å². The number of nitro benzene ring substituents is 1. The number of ether oxygens (including phenoxy) is 1. The normalized spacial score (nSPS) is 19.4. The van der Waals surface area contributed by atoms with Crippen LogP contribution in [0.25, 0.3) is 0 Å². The highest BCUT2D eigenvalue weighted by atomic mass is 16.6. The maximum absolute atomic E-state index is 11.0. The Hall–Kier alpha value is -1.62. The van der Waals surface area contributed by atoms with E-state index in [0.717, 1.165) is 38.0 Å². The number of nitro groups is 1. The molecular weight excluding hydrogens is 268 g/mol. The van der Waals surface area contributed by atoms with Crippen LogP contribution < -0.4 is 4.74 Å². The van der Waals surface area contributed by atoms with Crippen LogP contribution in [0.15, 0.2) is 18.2 Å². The molecule has 1 aliphatic carbocycles. The zero-order valence-electron chi connectivity index (χ0n) is 12.3. The molecule has 0 N–H and O–H groups in total. The minimum absolute atomic E-state index is 0.146. The predicted molar refractivity (Wildman–Crippen MR) is 80.9 cm³/mol. The topological polar surface area (TPSA) is 55.6 Å². The molecule has 0 aromatic heterocycles. The van der Waals surface area contributed by atoms with Gasteiger partial charge in [-0.25, -0.2) is 0 Å². The summed E-state index contributed by atoms with van der Waals surface area (Å²) in [4.78, 5) is 13.1. The van der Waals surface area contributed by atoms with Crippen molar-refractivity contribution in [2.24, 2.45) is 0 Å². The highest BCUT2D eigenvalue weighted by Gasteiger charge is 2.26. The number of benzene rings is 1. The smallest absolute Gasteiger partial charge is 0.273 e. The van der Waals surface area contributed by atoms with E-state index < -0.39 is 0 Å². The third-order valence-corrected chi connectivity index (χ3v) is 4.30. The molecule has 1 aromatic carbocycles. The Labute approximate surface area is 125 Å². The number of nitrogens with zero attached hydrogens (tertiary/aromatic N) is 2. The molecule has 2 fully saturated rings. The fraction of sp³-hybridized carbons (Fsp3) is 0.625. The molecule has 1 saturated carbocycles. The lowest BCUT2D eigenvalue weighted by atomic mass is 10.1. The van der Waals surface area contributed by atoms with E-state index in [9.17, 15) is 10.1 Å². The Balaban J connectivity index is 1.59. The SMILES string of the molecule is O=[N+]([O-])c1cc(OCCN2CCCCC2)cc(C2CC2)c1. The van der Waals surface area contributed by atoms with Gasteiger partial charge in [-0.15, -0.1) is 0 Å². The van der Waals surface area contributed by atoms with Crippen molar-refractivity contribution in [2.45, 2.75) is 38.0 Å². The van der Waals surface area contributed by atoms with Gasteiger partial charge in [0.25, 0.3) is 5.69 Å².